The molecule has 84 valence electrons. The van der Waals surface area contributed by atoms with Crippen LogP contribution in [0, 0.1) is 0 Å². The Hall–Kier alpha value is -1.26. The van der Waals surface area contributed by atoms with Crippen LogP contribution in [0.15, 0.2) is 12.3 Å². The minimum absolute atomic E-state index is 0.109. The molecule has 2 nitrogen and oxygen atoms in total. The lowest BCUT2D eigenvalue weighted by molar-refractivity contribution is -0.138. The molecule has 0 fully saturated rings. The van der Waals surface area contributed by atoms with Gasteiger partial charge in [-0.25, -0.2) is 0 Å². The van der Waals surface area contributed by atoms with Crippen LogP contribution >= 0.6 is 0 Å². The number of pyridine rings is 1. The molecule has 5 heteroatoms. The highest BCUT2D eigenvalue weighted by Gasteiger charge is 2.35. The third-order valence-electron chi connectivity index (χ3n) is 1.99. The minimum atomic E-state index is -4.40. The third kappa shape index (κ3) is 2.40. The normalized spacial score (nSPS) is 11.9. The maximum absolute atomic E-state index is 12.6. The summed E-state index contributed by atoms with van der Waals surface area (Å²) in [4.78, 5) is 3.90. The molecule has 1 aromatic rings. The van der Waals surface area contributed by atoms with Crippen LogP contribution in [0.1, 0.15) is 31.0 Å². The van der Waals surface area contributed by atoms with E-state index in [-0.39, 0.29) is 11.7 Å². The standard InChI is InChI=1S/C10H12F3NO/c1-6(2)8-9(15-3)7(4-5-14-8)10(11,12)13/h4-6H,1-3H3. The highest BCUT2D eigenvalue weighted by atomic mass is 19.4. The average Bonchev–Trinajstić information content (AvgIpc) is 2.15. The highest BCUT2D eigenvalue weighted by molar-refractivity contribution is 5.40. The third-order valence-corrected chi connectivity index (χ3v) is 1.99. The van der Waals surface area contributed by atoms with Crippen LogP contribution in [0.2, 0.25) is 0 Å². The summed E-state index contributed by atoms with van der Waals surface area (Å²) in [5.41, 5.74) is -0.448. The van der Waals surface area contributed by atoms with Crippen LogP contribution < -0.4 is 4.74 Å². The first-order valence-electron chi connectivity index (χ1n) is 4.48. The van der Waals surface area contributed by atoms with Crippen molar-refractivity contribution in [2.45, 2.75) is 25.9 Å². The number of hydrogen-bond donors (Lipinski definition) is 0. The first-order valence-corrected chi connectivity index (χ1v) is 4.48. The number of rotatable bonds is 2. The van der Waals surface area contributed by atoms with Gasteiger partial charge in [0.1, 0.15) is 5.56 Å². The quantitative estimate of drug-likeness (QED) is 0.761. The molecular formula is C10H12F3NO. The van der Waals surface area contributed by atoms with Crippen LogP contribution in [0.25, 0.3) is 0 Å². The zero-order valence-electron chi connectivity index (χ0n) is 8.72. The first kappa shape index (κ1) is 11.8. The average molecular weight is 219 g/mol. The fourth-order valence-electron chi connectivity index (χ4n) is 1.31. The molecule has 0 aromatic carbocycles. The lowest BCUT2D eigenvalue weighted by Gasteiger charge is -2.16. The van der Waals surface area contributed by atoms with Crippen molar-refractivity contribution < 1.29 is 17.9 Å². The summed E-state index contributed by atoms with van der Waals surface area (Å²) >= 11 is 0. The molecular weight excluding hydrogens is 207 g/mol. The molecule has 0 atom stereocenters. The predicted molar refractivity (Wildman–Crippen MR) is 49.9 cm³/mol. The number of hydrogen-bond acceptors (Lipinski definition) is 2. The van der Waals surface area contributed by atoms with Crippen LogP contribution in [-0.2, 0) is 6.18 Å². The van der Waals surface area contributed by atoms with Crippen molar-refractivity contribution in [2.24, 2.45) is 0 Å². The van der Waals surface area contributed by atoms with E-state index in [1.165, 1.54) is 7.11 Å². The second-order valence-electron chi connectivity index (χ2n) is 3.43. The molecule has 0 saturated heterocycles. The van der Waals surface area contributed by atoms with E-state index in [1.807, 2.05) is 0 Å². The van der Waals surface area contributed by atoms with Gasteiger partial charge < -0.3 is 4.74 Å². The maximum Gasteiger partial charge on any atom is 0.420 e. The summed E-state index contributed by atoms with van der Waals surface area (Å²) in [5.74, 6) is -0.290. The molecule has 1 heterocycles. The minimum Gasteiger partial charge on any atom is -0.494 e. The SMILES string of the molecule is COc1c(C(F)(F)F)ccnc1C(C)C. The number of methoxy groups -OCH3 is 1. The summed E-state index contributed by atoms with van der Waals surface area (Å²) in [6.07, 6.45) is -3.25. The summed E-state index contributed by atoms with van der Waals surface area (Å²) in [6, 6.07) is 0.921. The predicted octanol–water partition coefficient (Wildman–Crippen LogP) is 3.23. The van der Waals surface area contributed by atoms with Gasteiger partial charge >= 0.3 is 6.18 Å². The molecule has 0 aliphatic heterocycles. The Morgan fingerprint density at radius 3 is 2.33 bits per heavy atom. The van der Waals surface area contributed by atoms with E-state index >= 15 is 0 Å². The Bertz CT molecular complexity index is 347. The summed E-state index contributed by atoms with van der Waals surface area (Å²) in [6.45, 7) is 3.54. The zero-order chi connectivity index (χ0) is 11.6. The number of nitrogens with zero attached hydrogens (tertiary/aromatic N) is 1. The van der Waals surface area contributed by atoms with E-state index in [4.69, 9.17) is 4.74 Å². The molecule has 0 radical (unpaired) electrons. The van der Waals surface area contributed by atoms with Crippen LogP contribution in [0.5, 0.6) is 5.75 Å². The van der Waals surface area contributed by atoms with Crippen molar-refractivity contribution in [2.75, 3.05) is 7.11 Å². The number of alkyl halides is 3. The van der Waals surface area contributed by atoms with E-state index in [0.29, 0.717) is 5.69 Å². The second-order valence-corrected chi connectivity index (χ2v) is 3.43. The van der Waals surface area contributed by atoms with Gasteiger partial charge in [0.05, 0.1) is 12.8 Å². The number of ether oxygens (including phenoxy) is 1. The Labute approximate surface area is 86.1 Å². The van der Waals surface area contributed by atoms with Gasteiger partial charge in [-0.3, -0.25) is 4.98 Å². The van der Waals surface area contributed by atoms with Crippen molar-refractivity contribution in [1.29, 1.82) is 0 Å². The topological polar surface area (TPSA) is 22.1 Å². The Kier molecular flexibility index (Phi) is 3.21. The Morgan fingerprint density at radius 2 is 1.93 bits per heavy atom. The van der Waals surface area contributed by atoms with Crippen LogP contribution in [0.3, 0.4) is 0 Å². The molecule has 1 rings (SSSR count). The lowest BCUT2D eigenvalue weighted by atomic mass is 10.1. The van der Waals surface area contributed by atoms with E-state index < -0.39 is 11.7 Å². The summed E-state index contributed by atoms with van der Waals surface area (Å²) < 4.78 is 42.5. The van der Waals surface area contributed by atoms with Gasteiger partial charge in [-0.05, 0) is 12.0 Å². The van der Waals surface area contributed by atoms with Crippen molar-refractivity contribution in [3.63, 3.8) is 0 Å². The molecule has 15 heavy (non-hydrogen) atoms. The molecule has 0 spiro atoms. The molecule has 0 bridgehead atoms. The summed E-state index contributed by atoms with van der Waals surface area (Å²) in [7, 11) is 1.22. The smallest absolute Gasteiger partial charge is 0.420 e. The maximum atomic E-state index is 12.6. The molecule has 1 aromatic heterocycles. The van der Waals surface area contributed by atoms with Gasteiger partial charge in [-0.15, -0.1) is 0 Å². The molecule has 0 N–H and O–H groups in total. The van der Waals surface area contributed by atoms with Gasteiger partial charge in [-0.2, -0.15) is 13.2 Å². The molecule has 0 saturated carbocycles. The van der Waals surface area contributed by atoms with E-state index in [2.05, 4.69) is 4.98 Å². The molecule has 0 amide bonds. The number of halogens is 3. The van der Waals surface area contributed by atoms with Crippen molar-refractivity contribution >= 4 is 0 Å². The first-order chi connectivity index (χ1) is 6.88. The molecule has 0 aliphatic rings. The van der Waals surface area contributed by atoms with Crippen LogP contribution in [0.4, 0.5) is 13.2 Å². The Balaban J connectivity index is 3.35. The second kappa shape index (κ2) is 4.08. The van der Waals surface area contributed by atoms with Crippen molar-refractivity contribution in [1.82, 2.24) is 4.98 Å². The van der Waals surface area contributed by atoms with Gasteiger partial charge in [0, 0.05) is 6.20 Å². The summed E-state index contributed by atoms with van der Waals surface area (Å²) in [5, 5.41) is 0. The fraction of sp³-hybridized carbons (Fsp3) is 0.500. The van der Waals surface area contributed by atoms with Crippen molar-refractivity contribution in [3.05, 3.63) is 23.5 Å². The molecule has 0 unspecified atom stereocenters. The zero-order valence-corrected chi connectivity index (χ0v) is 8.72. The van der Waals surface area contributed by atoms with Gasteiger partial charge in [-0.1, -0.05) is 13.8 Å². The highest BCUT2D eigenvalue weighted by Crippen LogP contribution is 2.38. The van der Waals surface area contributed by atoms with Gasteiger partial charge in [0.2, 0.25) is 0 Å². The van der Waals surface area contributed by atoms with Gasteiger partial charge in [0.15, 0.2) is 5.75 Å². The largest absolute Gasteiger partial charge is 0.494 e. The fourth-order valence-corrected chi connectivity index (χ4v) is 1.31. The van der Waals surface area contributed by atoms with Crippen molar-refractivity contribution in [3.8, 4) is 5.75 Å². The molecule has 0 aliphatic carbocycles. The van der Waals surface area contributed by atoms with Gasteiger partial charge in [0.25, 0.3) is 0 Å². The van der Waals surface area contributed by atoms with E-state index in [1.54, 1.807) is 13.8 Å². The van der Waals surface area contributed by atoms with E-state index in [9.17, 15) is 13.2 Å². The Morgan fingerprint density at radius 1 is 1.33 bits per heavy atom. The number of aromatic nitrogens is 1. The lowest BCUT2D eigenvalue weighted by Crippen LogP contribution is -2.10. The van der Waals surface area contributed by atoms with E-state index in [0.717, 1.165) is 12.3 Å². The van der Waals surface area contributed by atoms with Crippen LogP contribution in [-0.4, -0.2) is 12.1 Å². The monoisotopic (exact) mass is 219 g/mol.